The van der Waals surface area contributed by atoms with Gasteiger partial charge in [-0.15, -0.1) is 0 Å². The van der Waals surface area contributed by atoms with Crippen LogP contribution in [0.25, 0.3) is 5.57 Å². The first kappa shape index (κ1) is 17.2. The minimum Gasteiger partial charge on any atom is -0.496 e. The molecule has 7 nitrogen and oxygen atoms in total. The Bertz CT molecular complexity index is 771. The van der Waals surface area contributed by atoms with E-state index in [9.17, 15) is 4.79 Å². The highest BCUT2D eigenvalue weighted by atomic mass is 16.5. The van der Waals surface area contributed by atoms with Gasteiger partial charge in [-0.2, -0.15) is 10.2 Å². The highest BCUT2D eigenvalue weighted by Crippen LogP contribution is 2.40. The predicted molar refractivity (Wildman–Crippen MR) is 94.4 cm³/mol. The summed E-state index contributed by atoms with van der Waals surface area (Å²) in [7, 11) is 9.00. The van der Waals surface area contributed by atoms with Crippen molar-refractivity contribution in [2.75, 3.05) is 35.4 Å². The first-order chi connectivity index (χ1) is 12.0. The number of rotatable bonds is 5. The summed E-state index contributed by atoms with van der Waals surface area (Å²) in [6.45, 7) is 0.694. The first-order valence-corrected chi connectivity index (χ1v) is 7.95. The molecular weight excluding hydrogens is 320 g/mol. The smallest absolute Gasteiger partial charge is 0.257 e. The Morgan fingerprint density at radius 1 is 1.20 bits per heavy atom. The van der Waals surface area contributed by atoms with Gasteiger partial charge < -0.3 is 19.3 Å². The Morgan fingerprint density at radius 2 is 1.84 bits per heavy atom. The van der Waals surface area contributed by atoms with Crippen LogP contribution in [-0.2, 0) is 11.3 Å². The highest BCUT2D eigenvalue weighted by molar-refractivity contribution is 5.99. The molecule has 3 rings (SSSR count). The monoisotopic (exact) mass is 342 g/mol. The summed E-state index contributed by atoms with van der Waals surface area (Å²) in [5.74, 6) is 1.40. The fraction of sp³-hybridized carbons (Fsp3) is 0.389. The highest BCUT2D eigenvalue weighted by Gasteiger charge is 2.35. The molecule has 0 radical (unpaired) electrons. The molecule has 2 aliphatic rings. The van der Waals surface area contributed by atoms with Crippen LogP contribution in [0.4, 0.5) is 0 Å². The van der Waals surface area contributed by atoms with E-state index in [4.69, 9.17) is 9.47 Å². The lowest BCUT2D eigenvalue weighted by atomic mass is 9.90. The fourth-order valence-electron chi connectivity index (χ4n) is 3.07. The van der Waals surface area contributed by atoms with E-state index < -0.39 is 6.04 Å². The number of amides is 1. The number of carbonyl (C=O) groups excluding carboxylic acids is 1. The Labute approximate surface area is 147 Å². The maximum absolute atomic E-state index is 12.2. The largest absolute Gasteiger partial charge is 0.496 e. The zero-order valence-corrected chi connectivity index (χ0v) is 15.1. The van der Waals surface area contributed by atoms with E-state index in [-0.39, 0.29) is 5.91 Å². The van der Waals surface area contributed by atoms with Crippen molar-refractivity contribution in [3.8, 4) is 11.5 Å². The molecule has 0 aliphatic carbocycles. The lowest BCUT2D eigenvalue weighted by Crippen LogP contribution is -2.36. The molecule has 132 valence electrons. The van der Waals surface area contributed by atoms with Crippen molar-refractivity contribution >= 4 is 11.5 Å². The minimum absolute atomic E-state index is 0.0839. The van der Waals surface area contributed by atoms with Gasteiger partial charge in [0.1, 0.15) is 11.5 Å². The van der Waals surface area contributed by atoms with Gasteiger partial charge in [0, 0.05) is 30.9 Å². The summed E-state index contributed by atoms with van der Waals surface area (Å²) in [6.07, 6.45) is 3.45. The maximum atomic E-state index is 12.2. The second-order valence-corrected chi connectivity index (χ2v) is 6.31. The summed E-state index contributed by atoms with van der Waals surface area (Å²) in [6, 6.07) is 3.36. The van der Waals surface area contributed by atoms with Gasteiger partial charge in [-0.1, -0.05) is 0 Å². The Hall–Kier alpha value is -2.67. The molecule has 0 bridgehead atoms. The van der Waals surface area contributed by atoms with Crippen LogP contribution in [0.15, 0.2) is 40.3 Å². The zero-order chi connectivity index (χ0) is 18.1. The Morgan fingerprint density at radius 3 is 2.40 bits per heavy atom. The molecule has 0 saturated heterocycles. The molecule has 25 heavy (non-hydrogen) atoms. The van der Waals surface area contributed by atoms with Gasteiger partial charge >= 0.3 is 0 Å². The van der Waals surface area contributed by atoms with E-state index in [2.05, 4.69) is 15.1 Å². The quantitative estimate of drug-likeness (QED) is 0.823. The van der Waals surface area contributed by atoms with E-state index in [0.717, 1.165) is 33.8 Å². The third-order valence-electron chi connectivity index (χ3n) is 4.28. The van der Waals surface area contributed by atoms with Crippen molar-refractivity contribution in [2.45, 2.75) is 12.6 Å². The van der Waals surface area contributed by atoms with Crippen molar-refractivity contribution in [3.05, 3.63) is 41.2 Å². The fourth-order valence-corrected chi connectivity index (χ4v) is 3.07. The molecule has 1 aromatic carbocycles. The van der Waals surface area contributed by atoms with E-state index in [1.54, 1.807) is 38.6 Å². The molecule has 2 heterocycles. The summed E-state index contributed by atoms with van der Waals surface area (Å²) in [5, 5.41) is 7.97. The molecule has 0 N–H and O–H groups in total. The molecule has 1 aromatic rings. The number of benzene rings is 1. The van der Waals surface area contributed by atoms with Gasteiger partial charge in [0.25, 0.3) is 5.91 Å². The van der Waals surface area contributed by atoms with Crippen LogP contribution in [0.1, 0.15) is 11.1 Å². The number of methoxy groups -OCH3 is 2. The lowest BCUT2D eigenvalue weighted by Gasteiger charge is -2.27. The van der Waals surface area contributed by atoms with Crippen molar-refractivity contribution < 1.29 is 14.3 Å². The normalized spacial score (nSPS) is 19.0. The number of azo groups is 1. The first-order valence-electron chi connectivity index (χ1n) is 7.95. The van der Waals surface area contributed by atoms with E-state index in [0.29, 0.717) is 6.54 Å². The summed E-state index contributed by atoms with van der Waals surface area (Å²) in [5.41, 5.74) is 3.57. The minimum atomic E-state index is -0.566. The number of ether oxygens (including phenoxy) is 2. The van der Waals surface area contributed by atoms with Gasteiger partial charge in [-0.3, -0.25) is 4.79 Å². The van der Waals surface area contributed by atoms with E-state index in [1.165, 1.54) is 0 Å². The van der Waals surface area contributed by atoms with Gasteiger partial charge in [-0.05, 0) is 31.8 Å². The van der Waals surface area contributed by atoms with Crippen LogP contribution < -0.4 is 9.47 Å². The summed E-state index contributed by atoms with van der Waals surface area (Å²) >= 11 is 0. The van der Waals surface area contributed by atoms with E-state index >= 15 is 0 Å². The van der Waals surface area contributed by atoms with E-state index in [1.807, 2.05) is 26.2 Å². The van der Waals surface area contributed by atoms with Gasteiger partial charge in [0.2, 0.25) is 0 Å². The van der Waals surface area contributed by atoms with Crippen molar-refractivity contribution in [3.63, 3.8) is 0 Å². The topological polar surface area (TPSA) is 66.7 Å². The Kier molecular flexibility index (Phi) is 4.59. The molecule has 0 spiro atoms. The molecule has 1 amide bonds. The maximum Gasteiger partial charge on any atom is 0.257 e. The molecule has 1 atom stereocenters. The van der Waals surface area contributed by atoms with Gasteiger partial charge in [-0.25, -0.2) is 0 Å². The van der Waals surface area contributed by atoms with Crippen LogP contribution >= 0.6 is 0 Å². The lowest BCUT2D eigenvalue weighted by molar-refractivity contribution is -0.128. The van der Waals surface area contributed by atoms with Gasteiger partial charge in [0.05, 0.1) is 26.0 Å². The number of nitrogens with zero attached hydrogens (tertiary/aromatic N) is 4. The number of fused-ring (bicyclic) bond motifs is 1. The van der Waals surface area contributed by atoms with Crippen molar-refractivity contribution in [1.29, 1.82) is 0 Å². The molecule has 1 unspecified atom stereocenters. The number of hydrogen-bond donors (Lipinski definition) is 0. The van der Waals surface area contributed by atoms with Crippen LogP contribution in [0.2, 0.25) is 0 Å². The number of hydrogen-bond acceptors (Lipinski definition) is 6. The standard InChI is InChI=1S/C18H22N4O3/c1-21(2)9-14-15(24-4)6-11(7-16(14)25-5)13-10-22(3)18(23)17-12(13)8-19-20-17/h6-8,10,17H,9H2,1-5H3. The third-order valence-corrected chi connectivity index (χ3v) is 4.28. The number of likely N-dealkylation sites (N-methyl/N-ethyl adjacent to an activating group) is 1. The van der Waals surface area contributed by atoms with Crippen molar-refractivity contribution in [2.24, 2.45) is 10.2 Å². The van der Waals surface area contributed by atoms with Crippen LogP contribution in [0, 0.1) is 0 Å². The average molecular weight is 342 g/mol. The van der Waals surface area contributed by atoms with Crippen molar-refractivity contribution in [1.82, 2.24) is 9.80 Å². The second kappa shape index (κ2) is 6.68. The molecule has 7 heteroatoms. The zero-order valence-electron chi connectivity index (χ0n) is 15.1. The molecule has 0 aromatic heterocycles. The summed E-state index contributed by atoms with van der Waals surface area (Å²) in [4.78, 5) is 15.8. The number of carbonyl (C=O) groups is 1. The van der Waals surface area contributed by atoms with Crippen LogP contribution in [0.5, 0.6) is 11.5 Å². The molecule has 0 saturated carbocycles. The summed E-state index contributed by atoms with van der Waals surface area (Å²) < 4.78 is 11.2. The average Bonchev–Trinajstić information content (AvgIpc) is 3.07. The molecule has 2 aliphatic heterocycles. The van der Waals surface area contributed by atoms with Crippen LogP contribution in [0.3, 0.4) is 0 Å². The second-order valence-electron chi connectivity index (χ2n) is 6.31. The SMILES string of the molecule is COc1cc(C2=CN(C)C(=O)C3N=NC=C23)cc(OC)c1CN(C)C. The third kappa shape index (κ3) is 3.02. The Balaban J connectivity index is 2.11. The molecular formula is C18H22N4O3. The molecule has 0 fully saturated rings. The predicted octanol–water partition coefficient (Wildman–Crippen LogP) is 2.30. The van der Waals surface area contributed by atoms with Crippen LogP contribution in [-0.4, -0.2) is 57.1 Å². The van der Waals surface area contributed by atoms with Gasteiger partial charge in [0.15, 0.2) is 6.04 Å².